The van der Waals surface area contributed by atoms with Crippen LogP contribution in [0.1, 0.15) is 22.8 Å². The molecule has 0 aliphatic heterocycles. The summed E-state index contributed by atoms with van der Waals surface area (Å²) in [5, 5.41) is 20.2. The Kier molecular flexibility index (Phi) is 4.47. The molecule has 1 amide bonds. The normalized spacial score (nSPS) is 12.8. The Labute approximate surface area is 138 Å². The Morgan fingerprint density at radius 2 is 1.88 bits per heavy atom. The summed E-state index contributed by atoms with van der Waals surface area (Å²) in [6.07, 6.45) is -4.84. The van der Waals surface area contributed by atoms with Crippen molar-refractivity contribution in [2.75, 3.05) is 0 Å². The maximum absolute atomic E-state index is 13.2. The van der Waals surface area contributed by atoms with Crippen LogP contribution in [0.4, 0.5) is 13.2 Å². The average molecular weight is 358 g/mol. The first-order chi connectivity index (χ1) is 11.5. The first-order valence-corrected chi connectivity index (χ1v) is 6.92. The zero-order valence-electron chi connectivity index (χ0n) is 13.0. The summed E-state index contributed by atoms with van der Waals surface area (Å²) >= 11 is 0. The van der Waals surface area contributed by atoms with Crippen LogP contribution in [-0.4, -0.2) is 32.7 Å². The number of carboxylic acids is 1. The van der Waals surface area contributed by atoms with Crippen molar-refractivity contribution in [2.45, 2.75) is 19.1 Å². The van der Waals surface area contributed by atoms with Gasteiger partial charge in [0.1, 0.15) is 17.4 Å². The van der Waals surface area contributed by atoms with Gasteiger partial charge in [0.05, 0.1) is 16.5 Å². The molecular formula is C15H13F3N2O5. The fourth-order valence-electron chi connectivity index (χ4n) is 2.34. The number of aryl methyl sites for hydroxylation is 1. The number of carboxylic acid groups (broad SMARTS) is 1. The van der Waals surface area contributed by atoms with E-state index in [-0.39, 0.29) is 5.52 Å². The first-order valence-electron chi connectivity index (χ1n) is 6.92. The zero-order valence-corrected chi connectivity index (χ0v) is 13.0. The van der Waals surface area contributed by atoms with E-state index in [9.17, 15) is 32.7 Å². The second-order valence-electron chi connectivity index (χ2n) is 5.32. The fourth-order valence-corrected chi connectivity index (χ4v) is 2.34. The monoisotopic (exact) mass is 358 g/mol. The van der Waals surface area contributed by atoms with Gasteiger partial charge in [-0.2, -0.15) is 13.2 Å². The molecule has 0 radical (unpaired) electrons. The lowest BCUT2D eigenvalue weighted by Gasteiger charge is -2.17. The van der Waals surface area contributed by atoms with E-state index in [2.05, 4.69) is 0 Å². The van der Waals surface area contributed by atoms with E-state index in [1.54, 1.807) is 0 Å². The molecule has 0 bridgehead atoms. The van der Waals surface area contributed by atoms with Gasteiger partial charge in [-0.25, -0.2) is 0 Å². The van der Waals surface area contributed by atoms with Gasteiger partial charge in [-0.3, -0.25) is 14.4 Å². The number of benzene rings is 1. The standard InChI is InChI=1S/C15H13F3N2O5/c1-6(14(24)25)19-12(22)10-11(21)9-7(15(16,17)18)4-3-5-8(9)20(2)13(10)23/h3-6,21H,1-2H3,(H,19,22)(H,24,25). The van der Waals surface area contributed by atoms with Crippen molar-refractivity contribution in [3.63, 3.8) is 0 Å². The van der Waals surface area contributed by atoms with Crippen molar-refractivity contribution in [3.8, 4) is 5.75 Å². The third-order valence-corrected chi connectivity index (χ3v) is 3.65. The van der Waals surface area contributed by atoms with Crippen molar-refractivity contribution < 1.29 is 33.0 Å². The van der Waals surface area contributed by atoms with Crippen molar-refractivity contribution in [1.29, 1.82) is 0 Å². The summed E-state index contributed by atoms with van der Waals surface area (Å²) in [4.78, 5) is 35.2. The molecular weight excluding hydrogens is 345 g/mol. The lowest BCUT2D eigenvalue weighted by Crippen LogP contribution is -2.41. The third-order valence-electron chi connectivity index (χ3n) is 3.65. The Bertz CT molecular complexity index is 933. The molecule has 7 nitrogen and oxygen atoms in total. The number of nitrogens with zero attached hydrogens (tertiary/aromatic N) is 1. The van der Waals surface area contributed by atoms with Crippen molar-refractivity contribution >= 4 is 22.8 Å². The van der Waals surface area contributed by atoms with Gasteiger partial charge in [-0.05, 0) is 19.1 Å². The molecule has 0 saturated heterocycles. The van der Waals surface area contributed by atoms with Crippen LogP contribution in [0.5, 0.6) is 5.75 Å². The topological polar surface area (TPSA) is 109 Å². The second-order valence-corrected chi connectivity index (χ2v) is 5.32. The minimum absolute atomic E-state index is 0.222. The third kappa shape index (κ3) is 3.14. The highest BCUT2D eigenvalue weighted by Gasteiger charge is 2.35. The van der Waals surface area contributed by atoms with Crippen LogP contribution in [0.25, 0.3) is 10.9 Å². The maximum Gasteiger partial charge on any atom is 0.417 e. The maximum atomic E-state index is 13.2. The van der Waals surface area contributed by atoms with Gasteiger partial charge in [0.15, 0.2) is 0 Å². The number of aromatic hydroxyl groups is 1. The van der Waals surface area contributed by atoms with Gasteiger partial charge in [-0.1, -0.05) is 6.07 Å². The molecule has 1 unspecified atom stereocenters. The van der Waals surface area contributed by atoms with Crippen LogP contribution in [0.2, 0.25) is 0 Å². The van der Waals surface area contributed by atoms with E-state index < -0.39 is 51.9 Å². The van der Waals surface area contributed by atoms with Crippen molar-refractivity contribution in [3.05, 3.63) is 39.7 Å². The van der Waals surface area contributed by atoms with Crippen molar-refractivity contribution in [2.24, 2.45) is 7.05 Å². The quantitative estimate of drug-likeness (QED) is 0.770. The predicted molar refractivity (Wildman–Crippen MR) is 80.4 cm³/mol. The Hall–Kier alpha value is -3.04. The van der Waals surface area contributed by atoms with E-state index in [4.69, 9.17) is 5.11 Å². The van der Waals surface area contributed by atoms with Crippen LogP contribution >= 0.6 is 0 Å². The van der Waals surface area contributed by atoms with E-state index in [1.807, 2.05) is 5.32 Å². The van der Waals surface area contributed by atoms with Crippen LogP contribution in [-0.2, 0) is 18.0 Å². The Morgan fingerprint density at radius 1 is 1.28 bits per heavy atom. The van der Waals surface area contributed by atoms with Gasteiger partial charge >= 0.3 is 12.1 Å². The number of carbonyl (C=O) groups excluding carboxylic acids is 1. The van der Waals surface area contributed by atoms with E-state index >= 15 is 0 Å². The number of rotatable bonds is 3. The highest BCUT2D eigenvalue weighted by atomic mass is 19.4. The number of halogens is 3. The van der Waals surface area contributed by atoms with E-state index in [0.717, 1.165) is 24.6 Å². The molecule has 25 heavy (non-hydrogen) atoms. The smallest absolute Gasteiger partial charge is 0.417 e. The van der Waals surface area contributed by atoms with Gasteiger partial charge in [0.2, 0.25) is 0 Å². The highest BCUT2D eigenvalue weighted by Crippen LogP contribution is 2.39. The molecule has 2 aromatic rings. The lowest BCUT2D eigenvalue weighted by molar-refractivity contribution is -0.139. The number of hydrogen-bond acceptors (Lipinski definition) is 4. The number of pyridine rings is 1. The fraction of sp³-hybridized carbons (Fsp3) is 0.267. The number of hydrogen-bond donors (Lipinski definition) is 3. The van der Waals surface area contributed by atoms with Gasteiger partial charge in [0, 0.05) is 7.05 Å². The van der Waals surface area contributed by atoms with Crippen LogP contribution in [0.15, 0.2) is 23.0 Å². The number of aromatic nitrogens is 1. The van der Waals surface area contributed by atoms with Crippen LogP contribution in [0.3, 0.4) is 0 Å². The number of nitrogens with one attached hydrogen (secondary N) is 1. The molecule has 1 heterocycles. The van der Waals surface area contributed by atoms with Crippen LogP contribution in [0, 0.1) is 0 Å². The minimum atomic E-state index is -4.84. The molecule has 3 N–H and O–H groups in total. The molecule has 0 aliphatic carbocycles. The zero-order chi connectivity index (χ0) is 19.1. The SMILES string of the molecule is CC(NC(=O)c1c(O)c2c(C(F)(F)F)cccc2n(C)c1=O)C(=O)O. The molecule has 0 fully saturated rings. The summed E-state index contributed by atoms with van der Waals surface area (Å²) in [5.41, 5.74) is -3.46. The molecule has 10 heteroatoms. The summed E-state index contributed by atoms with van der Waals surface area (Å²) in [6, 6.07) is 1.54. The first kappa shape index (κ1) is 18.3. The van der Waals surface area contributed by atoms with E-state index in [0.29, 0.717) is 6.07 Å². The Balaban J connectivity index is 2.81. The van der Waals surface area contributed by atoms with Crippen molar-refractivity contribution in [1.82, 2.24) is 9.88 Å². The highest BCUT2D eigenvalue weighted by molar-refractivity contribution is 6.04. The number of amides is 1. The molecule has 2 rings (SSSR count). The molecule has 1 aromatic heterocycles. The van der Waals surface area contributed by atoms with Gasteiger partial charge in [-0.15, -0.1) is 0 Å². The molecule has 1 aromatic carbocycles. The second kappa shape index (κ2) is 6.11. The molecule has 0 saturated carbocycles. The number of carbonyl (C=O) groups is 2. The molecule has 0 aliphatic rings. The molecule has 1 atom stereocenters. The largest absolute Gasteiger partial charge is 0.506 e. The van der Waals surface area contributed by atoms with E-state index in [1.165, 1.54) is 6.07 Å². The number of alkyl halides is 3. The number of aliphatic carboxylic acids is 1. The number of fused-ring (bicyclic) bond motifs is 1. The molecule has 0 spiro atoms. The van der Waals surface area contributed by atoms with Gasteiger partial charge in [0.25, 0.3) is 11.5 Å². The molecule has 134 valence electrons. The van der Waals surface area contributed by atoms with Gasteiger partial charge < -0.3 is 20.1 Å². The average Bonchev–Trinajstić information content (AvgIpc) is 2.51. The Morgan fingerprint density at radius 3 is 2.40 bits per heavy atom. The van der Waals surface area contributed by atoms with Crippen LogP contribution < -0.4 is 10.9 Å². The minimum Gasteiger partial charge on any atom is -0.506 e. The predicted octanol–water partition coefficient (Wildman–Crippen LogP) is 1.47. The summed E-state index contributed by atoms with van der Waals surface area (Å²) in [6.45, 7) is 1.10. The summed E-state index contributed by atoms with van der Waals surface area (Å²) in [5.74, 6) is -3.85. The summed E-state index contributed by atoms with van der Waals surface area (Å²) in [7, 11) is 1.14. The lowest BCUT2D eigenvalue weighted by atomic mass is 10.0. The summed E-state index contributed by atoms with van der Waals surface area (Å²) < 4.78 is 40.4.